The Morgan fingerprint density at radius 3 is 1.93 bits per heavy atom. The van der Waals surface area contributed by atoms with Crippen LogP contribution in [0.15, 0.2) is 150 Å². The molecule has 0 bridgehead atoms. The molecular weight excluding hydrogens is 488 g/mol. The molecule has 188 valence electrons. The summed E-state index contributed by atoms with van der Waals surface area (Å²) in [4.78, 5) is 7.04. The molecule has 0 atom stereocenters. The SMILES string of the molecule is c1ccc2cc(N(c3ccc(-c4nc5ccccc5o4)cc3)c3cccc4cc5ccccc5cc34)ccc2c1. The molecule has 0 radical (unpaired) electrons. The molecule has 0 aliphatic rings. The van der Waals surface area contributed by atoms with Crippen LogP contribution < -0.4 is 4.90 Å². The van der Waals surface area contributed by atoms with Crippen LogP contribution in [0.5, 0.6) is 0 Å². The van der Waals surface area contributed by atoms with E-state index in [2.05, 4.69) is 126 Å². The zero-order chi connectivity index (χ0) is 26.5. The fourth-order valence-electron chi connectivity index (χ4n) is 5.64. The molecule has 1 heterocycles. The van der Waals surface area contributed by atoms with Crippen molar-refractivity contribution in [2.24, 2.45) is 0 Å². The molecule has 3 heteroatoms. The Bertz CT molecular complexity index is 2140. The highest BCUT2D eigenvalue weighted by Crippen LogP contribution is 2.41. The number of aromatic nitrogens is 1. The molecule has 7 aromatic carbocycles. The lowest BCUT2D eigenvalue weighted by molar-refractivity contribution is 0.620. The van der Waals surface area contributed by atoms with Crippen LogP contribution >= 0.6 is 0 Å². The Morgan fingerprint density at radius 1 is 0.475 bits per heavy atom. The van der Waals surface area contributed by atoms with Gasteiger partial charge in [0.05, 0.1) is 5.69 Å². The van der Waals surface area contributed by atoms with Crippen molar-refractivity contribution in [3.05, 3.63) is 146 Å². The fraction of sp³-hybridized carbons (Fsp3) is 0. The molecule has 0 saturated carbocycles. The first kappa shape index (κ1) is 22.6. The number of hydrogen-bond acceptors (Lipinski definition) is 3. The van der Waals surface area contributed by atoms with Crippen molar-refractivity contribution in [3.8, 4) is 11.5 Å². The van der Waals surface area contributed by atoms with E-state index < -0.39 is 0 Å². The smallest absolute Gasteiger partial charge is 0.227 e. The second kappa shape index (κ2) is 9.11. The maximum absolute atomic E-state index is 6.05. The predicted octanol–water partition coefficient (Wildman–Crippen LogP) is 10.4. The number of anilines is 3. The summed E-state index contributed by atoms with van der Waals surface area (Å²) < 4.78 is 6.05. The summed E-state index contributed by atoms with van der Waals surface area (Å²) in [6.45, 7) is 0. The van der Waals surface area contributed by atoms with Gasteiger partial charge in [-0.15, -0.1) is 0 Å². The second-order valence-electron chi connectivity index (χ2n) is 10.1. The third-order valence-corrected chi connectivity index (χ3v) is 7.62. The predicted molar refractivity (Wildman–Crippen MR) is 167 cm³/mol. The highest BCUT2D eigenvalue weighted by Gasteiger charge is 2.17. The summed E-state index contributed by atoms with van der Waals surface area (Å²) in [5, 5.41) is 7.32. The standard InChI is InChI=1S/C37H24N2O/c1-2-10-28-23-32(21-16-25(28)8-1)39(35-14-7-12-30-22-27-9-3-4-11-29(27)24-33(30)35)31-19-17-26(18-20-31)37-38-34-13-5-6-15-36(34)40-37/h1-24H. The summed E-state index contributed by atoms with van der Waals surface area (Å²) >= 11 is 0. The second-order valence-corrected chi connectivity index (χ2v) is 10.1. The van der Waals surface area contributed by atoms with E-state index in [-0.39, 0.29) is 0 Å². The van der Waals surface area contributed by atoms with Gasteiger partial charge in [-0.1, -0.05) is 78.9 Å². The number of nitrogens with zero attached hydrogens (tertiary/aromatic N) is 2. The molecule has 1 aromatic heterocycles. The van der Waals surface area contributed by atoms with Gasteiger partial charge in [-0.3, -0.25) is 0 Å². The molecule has 8 aromatic rings. The van der Waals surface area contributed by atoms with E-state index in [4.69, 9.17) is 9.40 Å². The van der Waals surface area contributed by atoms with Crippen LogP contribution in [0.2, 0.25) is 0 Å². The van der Waals surface area contributed by atoms with Crippen LogP contribution in [0.25, 0.3) is 54.9 Å². The van der Waals surface area contributed by atoms with Gasteiger partial charge in [0, 0.05) is 22.3 Å². The van der Waals surface area contributed by atoms with Gasteiger partial charge >= 0.3 is 0 Å². The average molecular weight is 513 g/mol. The van der Waals surface area contributed by atoms with Gasteiger partial charge in [-0.2, -0.15) is 0 Å². The lowest BCUT2D eigenvalue weighted by Crippen LogP contribution is -2.10. The molecule has 40 heavy (non-hydrogen) atoms. The van der Waals surface area contributed by atoms with Crippen LogP contribution in [0.1, 0.15) is 0 Å². The van der Waals surface area contributed by atoms with Crippen LogP contribution in [-0.4, -0.2) is 4.98 Å². The van der Waals surface area contributed by atoms with Crippen LogP contribution in [0.4, 0.5) is 17.1 Å². The summed E-state index contributed by atoms with van der Waals surface area (Å²) in [5.74, 6) is 0.627. The van der Waals surface area contributed by atoms with Crippen molar-refractivity contribution in [1.29, 1.82) is 0 Å². The van der Waals surface area contributed by atoms with E-state index in [9.17, 15) is 0 Å². The van der Waals surface area contributed by atoms with Crippen LogP contribution in [-0.2, 0) is 0 Å². The van der Waals surface area contributed by atoms with Crippen molar-refractivity contribution in [1.82, 2.24) is 4.98 Å². The zero-order valence-corrected chi connectivity index (χ0v) is 21.7. The first-order chi connectivity index (χ1) is 19.8. The Morgan fingerprint density at radius 2 is 1.12 bits per heavy atom. The Hall–Kier alpha value is -5.41. The van der Waals surface area contributed by atoms with Crippen molar-refractivity contribution >= 4 is 60.5 Å². The molecule has 3 nitrogen and oxygen atoms in total. The fourth-order valence-corrected chi connectivity index (χ4v) is 5.64. The van der Waals surface area contributed by atoms with Gasteiger partial charge in [-0.05, 0) is 93.7 Å². The minimum atomic E-state index is 0.627. The van der Waals surface area contributed by atoms with Gasteiger partial charge < -0.3 is 9.32 Å². The van der Waals surface area contributed by atoms with Crippen molar-refractivity contribution in [2.75, 3.05) is 4.90 Å². The van der Waals surface area contributed by atoms with Crippen molar-refractivity contribution in [2.45, 2.75) is 0 Å². The highest BCUT2D eigenvalue weighted by molar-refractivity contribution is 6.06. The molecule has 0 aliphatic heterocycles. The van der Waals surface area contributed by atoms with E-state index in [1.54, 1.807) is 0 Å². The van der Waals surface area contributed by atoms with Gasteiger partial charge in [0.25, 0.3) is 0 Å². The van der Waals surface area contributed by atoms with Gasteiger partial charge in [0.1, 0.15) is 5.52 Å². The summed E-state index contributed by atoms with van der Waals surface area (Å²) in [5.41, 5.74) is 5.91. The number of rotatable bonds is 4. The first-order valence-corrected chi connectivity index (χ1v) is 13.5. The average Bonchev–Trinajstić information content (AvgIpc) is 3.45. The maximum Gasteiger partial charge on any atom is 0.227 e. The van der Waals surface area contributed by atoms with Crippen molar-refractivity contribution in [3.63, 3.8) is 0 Å². The van der Waals surface area contributed by atoms with Gasteiger partial charge in [0.2, 0.25) is 5.89 Å². The zero-order valence-electron chi connectivity index (χ0n) is 21.7. The van der Waals surface area contributed by atoms with E-state index in [1.165, 1.54) is 32.3 Å². The molecule has 8 rings (SSSR count). The molecule has 0 amide bonds. The molecule has 0 unspecified atom stereocenters. The highest BCUT2D eigenvalue weighted by atomic mass is 16.3. The Kier molecular flexibility index (Phi) is 5.14. The molecule has 0 N–H and O–H groups in total. The number of hydrogen-bond donors (Lipinski definition) is 0. The largest absolute Gasteiger partial charge is 0.436 e. The number of para-hydroxylation sites is 2. The molecule has 0 saturated heterocycles. The topological polar surface area (TPSA) is 29.3 Å². The quantitative estimate of drug-likeness (QED) is 0.220. The molecule has 0 spiro atoms. The van der Waals surface area contributed by atoms with Gasteiger partial charge in [0.15, 0.2) is 5.58 Å². The Balaban J connectivity index is 1.32. The lowest BCUT2D eigenvalue weighted by Gasteiger charge is -2.27. The third-order valence-electron chi connectivity index (χ3n) is 7.62. The molecular formula is C37H24N2O. The van der Waals surface area contributed by atoms with E-state index in [1.807, 2.05) is 24.3 Å². The van der Waals surface area contributed by atoms with Crippen molar-refractivity contribution < 1.29 is 4.42 Å². The minimum absolute atomic E-state index is 0.627. The van der Waals surface area contributed by atoms with E-state index in [0.717, 1.165) is 33.7 Å². The summed E-state index contributed by atoms with van der Waals surface area (Å²) in [7, 11) is 0. The summed E-state index contributed by atoms with van der Waals surface area (Å²) in [6.07, 6.45) is 0. The van der Waals surface area contributed by atoms with E-state index >= 15 is 0 Å². The van der Waals surface area contributed by atoms with E-state index in [0.29, 0.717) is 5.89 Å². The normalized spacial score (nSPS) is 11.5. The number of oxazole rings is 1. The van der Waals surface area contributed by atoms with Crippen LogP contribution in [0.3, 0.4) is 0 Å². The molecule has 0 aliphatic carbocycles. The minimum Gasteiger partial charge on any atom is -0.436 e. The third kappa shape index (κ3) is 3.79. The lowest BCUT2D eigenvalue weighted by atomic mass is 10.0. The van der Waals surface area contributed by atoms with Gasteiger partial charge in [-0.25, -0.2) is 4.98 Å². The molecule has 0 fully saturated rings. The maximum atomic E-state index is 6.05. The monoisotopic (exact) mass is 512 g/mol. The summed E-state index contributed by atoms with van der Waals surface area (Å²) in [6, 6.07) is 51.2. The first-order valence-electron chi connectivity index (χ1n) is 13.5. The Labute approximate surface area is 231 Å². The van der Waals surface area contributed by atoms with Crippen LogP contribution in [0, 0.1) is 0 Å². The number of fused-ring (bicyclic) bond motifs is 4. The number of benzene rings is 7.